The van der Waals surface area contributed by atoms with E-state index >= 15 is 0 Å². The molecule has 0 aromatic heterocycles. The van der Waals surface area contributed by atoms with E-state index in [0.29, 0.717) is 10.6 Å². The summed E-state index contributed by atoms with van der Waals surface area (Å²) in [6.07, 6.45) is 0. The van der Waals surface area contributed by atoms with Gasteiger partial charge in [-0.15, -0.1) is 0 Å². The van der Waals surface area contributed by atoms with Gasteiger partial charge in [-0.3, -0.25) is 4.79 Å². The van der Waals surface area contributed by atoms with E-state index in [1.54, 1.807) is 24.3 Å². The van der Waals surface area contributed by atoms with Crippen molar-refractivity contribution in [1.82, 2.24) is 0 Å². The second kappa shape index (κ2) is 6.31. The highest BCUT2D eigenvalue weighted by atomic mass is 35.5. The lowest BCUT2D eigenvalue weighted by Crippen LogP contribution is -2.16. The number of rotatable bonds is 4. The summed E-state index contributed by atoms with van der Waals surface area (Å²) in [7, 11) is 0. The van der Waals surface area contributed by atoms with Crippen molar-refractivity contribution < 1.29 is 9.53 Å². The minimum absolute atomic E-state index is 0.00738. The molecule has 0 heterocycles. The van der Waals surface area contributed by atoms with E-state index in [2.05, 4.69) is 20.8 Å². The van der Waals surface area contributed by atoms with Gasteiger partial charge in [-0.2, -0.15) is 0 Å². The maximum absolute atomic E-state index is 12.1. The molecule has 0 spiro atoms. The van der Waals surface area contributed by atoms with Gasteiger partial charge in [0, 0.05) is 10.6 Å². The molecule has 2 aromatic carbocycles. The third-order valence-corrected chi connectivity index (χ3v) is 3.44. The van der Waals surface area contributed by atoms with Gasteiger partial charge in [-0.05, 0) is 29.2 Å². The van der Waals surface area contributed by atoms with Crippen LogP contribution in [0.5, 0.6) is 5.75 Å². The molecule has 2 rings (SSSR count). The number of carbonyl (C=O) groups excluding carboxylic acids is 1. The highest BCUT2D eigenvalue weighted by molar-refractivity contribution is 6.31. The molecule has 0 radical (unpaired) electrons. The molecule has 0 aliphatic carbocycles. The molecule has 110 valence electrons. The van der Waals surface area contributed by atoms with Crippen molar-refractivity contribution >= 4 is 17.4 Å². The van der Waals surface area contributed by atoms with Gasteiger partial charge in [0.15, 0.2) is 12.4 Å². The topological polar surface area (TPSA) is 26.3 Å². The highest BCUT2D eigenvalue weighted by Gasteiger charge is 2.19. The van der Waals surface area contributed by atoms with Gasteiger partial charge in [0.05, 0.1) is 0 Å². The smallest absolute Gasteiger partial charge is 0.200 e. The van der Waals surface area contributed by atoms with E-state index in [1.807, 2.05) is 24.3 Å². The van der Waals surface area contributed by atoms with Crippen LogP contribution in [0.25, 0.3) is 0 Å². The van der Waals surface area contributed by atoms with Crippen LogP contribution in [-0.4, -0.2) is 12.4 Å². The molecule has 0 bridgehead atoms. The zero-order chi connectivity index (χ0) is 15.5. The zero-order valence-corrected chi connectivity index (χ0v) is 13.3. The fourth-order valence-corrected chi connectivity index (χ4v) is 2.29. The first-order chi connectivity index (χ1) is 9.88. The Morgan fingerprint density at radius 2 is 1.81 bits per heavy atom. The quantitative estimate of drug-likeness (QED) is 0.751. The Kier molecular flexibility index (Phi) is 4.69. The Labute approximate surface area is 130 Å². The van der Waals surface area contributed by atoms with Crippen molar-refractivity contribution in [3.8, 4) is 5.75 Å². The third-order valence-electron chi connectivity index (χ3n) is 3.20. The fraction of sp³-hybridized carbons (Fsp3) is 0.278. The van der Waals surface area contributed by atoms with Gasteiger partial charge < -0.3 is 4.74 Å². The number of halogens is 1. The zero-order valence-electron chi connectivity index (χ0n) is 12.5. The summed E-state index contributed by atoms with van der Waals surface area (Å²) in [6, 6.07) is 14.7. The first-order valence-corrected chi connectivity index (χ1v) is 7.27. The number of ketones is 1. The predicted octanol–water partition coefficient (Wildman–Crippen LogP) is 4.90. The highest BCUT2D eigenvalue weighted by Crippen LogP contribution is 2.31. The van der Waals surface area contributed by atoms with E-state index in [0.717, 1.165) is 11.3 Å². The van der Waals surface area contributed by atoms with Crippen molar-refractivity contribution in [3.63, 3.8) is 0 Å². The third kappa shape index (κ3) is 4.08. The van der Waals surface area contributed by atoms with Gasteiger partial charge in [-0.1, -0.05) is 62.7 Å². The summed E-state index contributed by atoms with van der Waals surface area (Å²) >= 11 is 5.90. The summed E-state index contributed by atoms with van der Waals surface area (Å²) in [5.41, 5.74) is 1.62. The maximum atomic E-state index is 12.1. The van der Waals surface area contributed by atoms with E-state index in [-0.39, 0.29) is 17.8 Å². The predicted molar refractivity (Wildman–Crippen MR) is 86.4 cm³/mol. The van der Waals surface area contributed by atoms with Gasteiger partial charge in [-0.25, -0.2) is 0 Å². The molecule has 3 heteroatoms. The second-order valence-electron chi connectivity index (χ2n) is 5.97. The maximum Gasteiger partial charge on any atom is 0.200 e. The largest absolute Gasteiger partial charge is 0.485 e. The second-order valence-corrected chi connectivity index (χ2v) is 6.40. The van der Waals surface area contributed by atoms with Gasteiger partial charge >= 0.3 is 0 Å². The molecule has 0 atom stereocenters. The Bertz CT molecular complexity index is 642. The number of Topliss-reactive ketones (excluding diaryl/α,β-unsaturated/α-hetero) is 1. The molecule has 0 aliphatic rings. The minimum atomic E-state index is -0.0822. The number of benzene rings is 2. The lowest BCUT2D eigenvalue weighted by Gasteiger charge is -2.22. The first kappa shape index (κ1) is 15.6. The molecule has 0 N–H and O–H groups in total. The van der Waals surface area contributed by atoms with Gasteiger partial charge in [0.2, 0.25) is 0 Å². The minimum Gasteiger partial charge on any atom is -0.485 e. The summed E-state index contributed by atoms with van der Waals surface area (Å²) in [6.45, 7) is 6.36. The summed E-state index contributed by atoms with van der Waals surface area (Å²) in [4.78, 5) is 12.1. The van der Waals surface area contributed by atoms with E-state index in [1.165, 1.54) is 0 Å². The van der Waals surface area contributed by atoms with Crippen molar-refractivity contribution in [2.24, 2.45) is 0 Å². The Morgan fingerprint density at radius 3 is 2.48 bits per heavy atom. The lowest BCUT2D eigenvalue weighted by molar-refractivity contribution is 0.0920. The average Bonchev–Trinajstić information content (AvgIpc) is 2.44. The van der Waals surface area contributed by atoms with Crippen LogP contribution in [0.1, 0.15) is 36.7 Å². The number of hydrogen-bond donors (Lipinski definition) is 0. The van der Waals surface area contributed by atoms with E-state index in [9.17, 15) is 4.79 Å². The Morgan fingerprint density at radius 1 is 1.10 bits per heavy atom. The number of hydrogen-bond acceptors (Lipinski definition) is 2. The van der Waals surface area contributed by atoms with Crippen molar-refractivity contribution in [2.75, 3.05) is 6.61 Å². The SMILES string of the molecule is CC(C)(C)c1ccccc1OCC(=O)c1cccc(Cl)c1. The molecule has 0 saturated carbocycles. The average molecular weight is 303 g/mol. The van der Waals surface area contributed by atoms with Crippen molar-refractivity contribution in [1.29, 1.82) is 0 Å². The monoisotopic (exact) mass is 302 g/mol. The molecule has 2 aromatic rings. The molecular weight excluding hydrogens is 284 g/mol. The van der Waals surface area contributed by atoms with Crippen molar-refractivity contribution in [3.05, 3.63) is 64.7 Å². The van der Waals surface area contributed by atoms with Crippen LogP contribution in [0.2, 0.25) is 5.02 Å². The molecular formula is C18H19ClO2. The van der Waals surface area contributed by atoms with Crippen LogP contribution >= 0.6 is 11.6 Å². The standard InChI is InChI=1S/C18H19ClO2/c1-18(2,3)15-9-4-5-10-17(15)21-12-16(20)13-7-6-8-14(19)11-13/h4-11H,12H2,1-3H3. The van der Waals surface area contributed by atoms with Crippen LogP contribution in [0.4, 0.5) is 0 Å². The molecule has 0 fully saturated rings. The molecule has 0 saturated heterocycles. The summed E-state index contributed by atoms with van der Waals surface area (Å²) < 4.78 is 5.73. The van der Waals surface area contributed by atoms with E-state index in [4.69, 9.17) is 16.3 Å². The lowest BCUT2D eigenvalue weighted by atomic mass is 9.86. The molecule has 0 amide bonds. The van der Waals surface area contributed by atoms with Crippen LogP contribution in [0.15, 0.2) is 48.5 Å². The van der Waals surface area contributed by atoms with Crippen LogP contribution in [0, 0.1) is 0 Å². The van der Waals surface area contributed by atoms with Crippen LogP contribution in [0.3, 0.4) is 0 Å². The van der Waals surface area contributed by atoms with Crippen LogP contribution < -0.4 is 4.74 Å². The Hall–Kier alpha value is -1.80. The van der Waals surface area contributed by atoms with Gasteiger partial charge in [0.1, 0.15) is 5.75 Å². The molecule has 21 heavy (non-hydrogen) atoms. The number of carbonyl (C=O) groups is 1. The summed E-state index contributed by atoms with van der Waals surface area (Å²) in [5.74, 6) is 0.668. The molecule has 0 unspecified atom stereocenters. The van der Waals surface area contributed by atoms with Gasteiger partial charge in [0.25, 0.3) is 0 Å². The first-order valence-electron chi connectivity index (χ1n) is 6.89. The van der Waals surface area contributed by atoms with Crippen molar-refractivity contribution in [2.45, 2.75) is 26.2 Å². The molecule has 2 nitrogen and oxygen atoms in total. The fourth-order valence-electron chi connectivity index (χ4n) is 2.10. The number of para-hydroxylation sites is 1. The Balaban J connectivity index is 2.12. The number of ether oxygens (including phenoxy) is 1. The molecule has 0 aliphatic heterocycles. The normalized spacial score (nSPS) is 11.2. The van der Waals surface area contributed by atoms with Crippen LogP contribution in [-0.2, 0) is 5.41 Å². The summed E-state index contributed by atoms with van der Waals surface area (Å²) in [5, 5.41) is 0.552. The van der Waals surface area contributed by atoms with E-state index < -0.39 is 0 Å².